The second-order valence-corrected chi connectivity index (χ2v) is 11.0. The fraction of sp³-hybridized carbons (Fsp3) is 0.345. The Hall–Kier alpha value is -3.90. The predicted octanol–water partition coefficient (Wildman–Crippen LogP) is 5.63. The van der Waals surface area contributed by atoms with Crippen LogP contribution in [0.5, 0.6) is 0 Å². The van der Waals surface area contributed by atoms with Gasteiger partial charge in [-0.3, -0.25) is 0 Å². The molecule has 3 N–H and O–H groups in total. The van der Waals surface area contributed by atoms with Gasteiger partial charge in [0.05, 0.1) is 11.2 Å². The van der Waals surface area contributed by atoms with Crippen molar-refractivity contribution in [1.82, 2.24) is 15.3 Å². The first-order chi connectivity index (χ1) is 19.3. The topological polar surface area (TPSA) is 109 Å². The van der Waals surface area contributed by atoms with Gasteiger partial charge in [0.15, 0.2) is 5.69 Å². The molecule has 2 heterocycles. The molecular weight excluding hydrogens is 536 g/mol. The minimum absolute atomic E-state index is 0.0828. The number of ether oxygens (including phenoxy) is 1. The smallest absolute Gasteiger partial charge is 0.449 e. The molecule has 5 rings (SSSR count). The van der Waals surface area contributed by atoms with Crippen LogP contribution < -0.4 is 11.1 Å². The molecule has 2 aromatic carbocycles. The highest BCUT2D eigenvalue weighted by atomic mass is 19.4. The van der Waals surface area contributed by atoms with E-state index in [0.717, 1.165) is 28.5 Å². The number of hydrogen-bond donors (Lipinski definition) is 2. The molecule has 0 spiro atoms. The number of aromatic nitrogens is 2. The fourth-order valence-corrected chi connectivity index (χ4v) is 4.96. The molecule has 214 valence electrons. The van der Waals surface area contributed by atoms with E-state index in [0.29, 0.717) is 0 Å². The molecule has 1 aliphatic heterocycles. The number of benzene rings is 2. The Morgan fingerprint density at radius 1 is 1.05 bits per heavy atom. The number of alkyl halides is 3. The standard InChI is InChI=1S/C29H30BF3N4O4/c1-27(2)28(3,4)41-30(40-27)18(13-17-14-35-25(34)37-24(17)29(31,32)33)15-36-26(38)39-16-23-21-11-7-5-9-19(21)20-10-6-8-12-22(20)23/h5-14,23H,15-16H2,1-4H3,(H,36,38)(H2,34,35,37). The number of nitrogens with zero attached hydrogens (tertiary/aromatic N) is 2. The number of carbonyl (C=O) groups excluding carboxylic acids is 1. The van der Waals surface area contributed by atoms with Gasteiger partial charge in [0.25, 0.3) is 0 Å². The fourth-order valence-electron chi connectivity index (χ4n) is 4.96. The summed E-state index contributed by atoms with van der Waals surface area (Å²) in [4.78, 5) is 20.0. The lowest BCUT2D eigenvalue weighted by Crippen LogP contribution is -2.41. The molecule has 0 bridgehead atoms. The molecule has 2 aliphatic rings. The molecule has 1 aromatic heterocycles. The molecule has 0 radical (unpaired) electrons. The molecule has 0 unspecified atom stereocenters. The molecule has 1 aliphatic carbocycles. The Morgan fingerprint density at radius 2 is 1.61 bits per heavy atom. The molecule has 0 atom stereocenters. The summed E-state index contributed by atoms with van der Waals surface area (Å²) in [6.07, 6.45) is -3.35. The lowest BCUT2D eigenvalue weighted by molar-refractivity contribution is -0.141. The highest BCUT2D eigenvalue weighted by Gasteiger charge is 2.52. The van der Waals surface area contributed by atoms with Crippen LogP contribution in [0.2, 0.25) is 0 Å². The van der Waals surface area contributed by atoms with Crippen molar-refractivity contribution in [3.63, 3.8) is 0 Å². The second kappa shape index (κ2) is 10.5. The monoisotopic (exact) mass is 566 g/mol. The highest BCUT2D eigenvalue weighted by molar-refractivity contribution is 6.56. The van der Waals surface area contributed by atoms with Crippen LogP contribution in [-0.2, 0) is 20.2 Å². The van der Waals surface area contributed by atoms with E-state index in [1.54, 1.807) is 0 Å². The van der Waals surface area contributed by atoms with Crippen molar-refractivity contribution in [3.8, 4) is 11.1 Å². The maximum absolute atomic E-state index is 13.7. The molecule has 3 aromatic rings. The largest absolute Gasteiger partial charge is 0.492 e. The molecular formula is C29H30BF3N4O4. The summed E-state index contributed by atoms with van der Waals surface area (Å²) in [5.74, 6) is -0.657. The minimum Gasteiger partial charge on any atom is -0.449 e. The number of nitrogens with two attached hydrogens (primary N) is 1. The summed E-state index contributed by atoms with van der Waals surface area (Å²) >= 11 is 0. The zero-order valence-electron chi connectivity index (χ0n) is 23.1. The zero-order valence-corrected chi connectivity index (χ0v) is 23.1. The quantitative estimate of drug-likeness (QED) is 0.373. The van der Waals surface area contributed by atoms with E-state index in [-0.39, 0.29) is 30.1 Å². The van der Waals surface area contributed by atoms with Gasteiger partial charge < -0.3 is 25.1 Å². The van der Waals surface area contributed by atoms with Crippen LogP contribution in [0.25, 0.3) is 17.2 Å². The number of amides is 1. The molecule has 12 heteroatoms. The van der Waals surface area contributed by atoms with Gasteiger partial charge in [-0.25, -0.2) is 14.8 Å². The van der Waals surface area contributed by atoms with Gasteiger partial charge >= 0.3 is 19.4 Å². The average molecular weight is 566 g/mol. The summed E-state index contributed by atoms with van der Waals surface area (Å²) in [7, 11) is -1.05. The van der Waals surface area contributed by atoms with E-state index in [1.807, 2.05) is 76.2 Å². The number of carbonyl (C=O) groups is 1. The van der Waals surface area contributed by atoms with Crippen LogP contribution in [0.1, 0.15) is 56.0 Å². The number of fused-ring (bicyclic) bond motifs is 3. The maximum Gasteiger partial charge on any atom is 0.492 e. The average Bonchev–Trinajstić information content (AvgIpc) is 3.34. The Balaban J connectivity index is 1.36. The van der Waals surface area contributed by atoms with Gasteiger partial charge in [0, 0.05) is 24.2 Å². The minimum atomic E-state index is -4.79. The molecule has 0 saturated carbocycles. The third kappa shape index (κ3) is 5.66. The van der Waals surface area contributed by atoms with Crippen LogP contribution in [-0.4, -0.2) is 47.5 Å². The van der Waals surface area contributed by atoms with E-state index in [9.17, 15) is 18.0 Å². The van der Waals surface area contributed by atoms with Crippen molar-refractivity contribution < 1.29 is 32.0 Å². The zero-order chi connectivity index (χ0) is 29.6. The normalized spacial score (nSPS) is 17.7. The third-order valence-corrected chi connectivity index (χ3v) is 7.78. The van der Waals surface area contributed by atoms with Crippen LogP contribution >= 0.6 is 0 Å². The summed E-state index contributed by atoms with van der Waals surface area (Å²) in [6, 6.07) is 15.9. The number of alkyl carbamates (subject to hydrolysis) is 1. The highest BCUT2D eigenvalue weighted by Crippen LogP contribution is 2.44. The molecule has 41 heavy (non-hydrogen) atoms. The van der Waals surface area contributed by atoms with Crippen LogP contribution in [0, 0.1) is 0 Å². The number of halogens is 3. The van der Waals surface area contributed by atoms with Crippen LogP contribution in [0.3, 0.4) is 0 Å². The third-order valence-electron chi connectivity index (χ3n) is 7.78. The Kier molecular flexibility index (Phi) is 7.33. The van der Waals surface area contributed by atoms with E-state index in [1.165, 1.54) is 6.08 Å². The van der Waals surface area contributed by atoms with E-state index >= 15 is 0 Å². The van der Waals surface area contributed by atoms with Crippen molar-refractivity contribution in [2.24, 2.45) is 0 Å². The lowest BCUT2D eigenvalue weighted by atomic mass is 9.77. The van der Waals surface area contributed by atoms with Gasteiger partial charge in [0.2, 0.25) is 5.95 Å². The first-order valence-electron chi connectivity index (χ1n) is 13.1. The Bertz CT molecular complexity index is 1450. The molecule has 1 amide bonds. The van der Waals surface area contributed by atoms with Crippen LogP contribution in [0.4, 0.5) is 23.9 Å². The van der Waals surface area contributed by atoms with Crippen molar-refractivity contribution >= 4 is 25.2 Å². The number of rotatable bonds is 6. The van der Waals surface area contributed by atoms with Crippen molar-refractivity contribution in [1.29, 1.82) is 0 Å². The number of anilines is 1. The van der Waals surface area contributed by atoms with Crippen molar-refractivity contribution in [3.05, 3.63) is 82.6 Å². The van der Waals surface area contributed by atoms with Gasteiger partial charge in [0.1, 0.15) is 6.61 Å². The van der Waals surface area contributed by atoms with E-state index in [2.05, 4.69) is 15.3 Å². The number of nitrogen functional groups attached to an aromatic ring is 1. The summed E-state index contributed by atoms with van der Waals surface area (Å²) in [6.45, 7) is 7.14. The Labute approximate surface area is 236 Å². The number of hydrogen-bond acceptors (Lipinski definition) is 7. The van der Waals surface area contributed by atoms with Gasteiger partial charge in [-0.2, -0.15) is 13.2 Å². The first-order valence-corrected chi connectivity index (χ1v) is 13.1. The maximum atomic E-state index is 13.7. The summed E-state index contributed by atoms with van der Waals surface area (Å²) in [5.41, 5.74) is 6.85. The predicted molar refractivity (Wildman–Crippen MR) is 149 cm³/mol. The summed E-state index contributed by atoms with van der Waals surface area (Å²) in [5, 5.41) is 2.64. The SMILES string of the molecule is CC1(C)OB(C(=Cc2cnc(N)nc2C(F)(F)F)CNC(=O)OCC2c3ccccc3-c3ccccc32)OC1(C)C. The molecule has 1 fully saturated rings. The summed E-state index contributed by atoms with van der Waals surface area (Å²) < 4.78 is 59.0. The van der Waals surface area contributed by atoms with E-state index in [4.69, 9.17) is 19.8 Å². The second-order valence-electron chi connectivity index (χ2n) is 11.0. The van der Waals surface area contributed by atoms with E-state index < -0.39 is 42.2 Å². The Morgan fingerprint density at radius 3 is 2.17 bits per heavy atom. The van der Waals surface area contributed by atoms with Gasteiger partial charge in [-0.05, 0) is 55.4 Å². The first kappa shape index (κ1) is 28.6. The van der Waals surface area contributed by atoms with Crippen LogP contribution in [0.15, 0.2) is 60.2 Å². The van der Waals surface area contributed by atoms with Crippen molar-refractivity contribution in [2.75, 3.05) is 18.9 Å². The molecule has 1 saturated heterocycles. The molecule has 8 nitrogen and oxygen atoms in total. The van der Waals surface area contributed by atoms with Crippen molar-refractivity contribution in [2.45, 2.75) is 51.0 Å². The number of nitrogens with one attached hydrogen (secondary N) is 1. The van der Waals surface area contributed by atoms with Gasteiger partial charge in [-0.15, -0.1) is 0 Å². The van der Waals surface area contributed by atoms with Gasteiger partial charge in [-0.1, -0.05) is 54.6 Å². The lowest BCUT2D eigenvalue weighted by Gasteiger charge is -2.32.